The molecule has 0 saturated carbocycles. The van der Waals surface area contributed by atoms with Crippen molar-refractivity contribution in [3.8, 4) is 0 Å². The number of hydrogen-bond acceptors (Lipinski definition) is 4. The maximum absolute atomic E-state index is 11.4. The predicted molar refractivity (Wildman–Crippen MR) is 61.7 cm³/mol. The third-order valence-corrected chi connectivity index (χ3v) is 3.06. The van der Waals surface area contributed by atoms with Crippen LogP contribution in [0.25, 0.3) is 0 Å². The van der Waals surface area contributed by atoms with Gasteiger partial charge in [-0.3, -0.25) is 4.79 Å². The first-order valence-corrected chi connectivity index (χ1v) is 5.52. The highest BCUT2D eigenvalue weighted by Gasteiger charge is 2.10. The molecule has 4 nitrogen and oxygen atoms in total. The molecule has 0 bridgehead atoms. The number of nitrogens with two attached hydrogens (primary N) is 1. The number of carbonyl (C=O) groups excluding carboxylic acids is 1. The molecular formula is C10H15N3OS. The van der Waals surface area contributed by atoms with Crippen LogP contribution in [0.3, 0.4) is 0 Å². The van der Waals surface area contributed by atoms with Crippen molar-refractivity contribution >= 4 is 17.2 Å². The Balaban J connectivity index is 2.59. The average Bonchev–Trinajstić information content (AvgIpc) is 2.57. The van der Waals surface area contributed by atoms with Crippen molar-refractivity contribution in [2.75, 3.05) is 6.54 Å². The summed E-state index contributed by atoms with van der Waals surface area (Å²) in [5, 5.41) is 3.60. The minimum Gasteiger partial charge on any atom is -0.352 e. The van der Waals surface area contributed by atoms with E-state index in [9.17, 15) is 4.79 Å². The summed E-state index contributed by atoms with van der Waals surface area (Å²) in [6, 6.07) is 0. The third kappa shape index (κ3) is 3.45. The molecule has 0 spiro atoms. The van der Waals surface area contributed by atoms with Crippen LogP contribution in [0.15, 0.2) is 12.7 Å². The first kappa shape index (κ1) is 11.9. The van der Waals surface area contributed by atoms with Gasteiger partial charge in [-0.15, -0.1) is 17.9 Å². The van der Waals surface area contributed by atoms with Gasteiger partial charge in [0.15, 0.2) is 0 Å². The van der Waals surface area contributed by atoms with Gasteiger partial charge in [0, 0.05) is 18.0 Å². The molecule has 0 aromatic carbocycles. The number of nitrogens with zero attached hydrogens (tertiary/aromatic N) is 1. The second kappa shape index (κ2) is 5.63. The lowest BCUT2D eigenvalue weighted by molar-refractivity contribution is -0.120. The number of rotatable bonds is 5. The molecule has 0 fully saturated rings. The Bertz CT molecular complexity index is 360. The van der Waals surface area contributed by atoms with E-state index in [4.69, 9.17) is 5.73 Å². The van der Waals surface area contributed by atoms with E-state index in [0.29, 0.717) is 19.5 Å². The summed E-state index contributed by atoms with van der Waals surface area (Å²) in [6.45, 7) is 6.36. The SMILES string of the molecule is C=CCNC(=O)Cc1sc(CN)nc1C. The average molecular weight is 225 g/mol. The molecule has 0 saturated heterocycles. The van der Waals surface area contributed by atoms with Gasteiger partial charge in [0.2, 0.25) is 5.91 Å². The van der Waals surface area contributed by atoms with Gasteiger partial charge >= 0.3 is 0 Å². The zero-order chi connectivity index (χ0) is 11.3. The molecular weight excluding hydrogens is 210 g/mol. The summed E-state index contributed by atoms with van der Waals surface area (Å²) in [7, 11) is 0. The van der Waals surface area contributed by atoms with Gasteiger partial charge < -0.3 is 11.1 Å². The van der Waals surface area contributed by atoms with Gasteiger partial charge in [-0.25, -0.2) is 4.98 Å². The first-order chi connectivity index (χ1) is 7.17. The Kier molecular flexibility index (Phi) is 4.45. The summed E-state index contributed by atoms with van der Waals surface area (Å²) < 4.78 is 0. The standard InChI is InChI=1S/C10H15N3OS/c1-3-4-12-9(14)5-8-7(2)13-10(6-11)15-8/h3H,1,4-6,11H2,2H3,(H,12,14). The van der Waals surface area contributed by atoms with Crippen LogP contribution in [0.4, 0.5) is 0 Å². The molecule has 0 atom stereocenters. The van der Waals surface area contributed by atoms with E-state index in [1.807, 2.05) is 6.92 Å². The van der Waals surface area contributed by atoms with Crippen LogP contribution < -0.4 is 11.1 Å². The molecule has 1 aromatic heterocycles. The van der Waals surface area contributed by atoms with E-state index < -0.39 is 0 Å². The number of aromatic nitrogens is 1. The smallest absolute Gasteiger partial charge is 0.225 e. The van der Waals surface area contributed by atoms with Crippen LogP contribution in [0.2, 0.25) is 0 Å². The fourth-order valence-electron chi connectivity index (χ4n) is 1.13. The lowest BCUT2D eigenvalue weighted by Crippen LogP contribution is -2.24. The van der Waals surface area contributed by atoms with Crippen molar-refractivity contribution in [3.63, 3.8) is 0 Å². The number of nitrogens with one attached hydrogen (secondary N) is 1. The van der Waals surface area contributed by atoms with E-state index in [1.54, 1.807) is 6.08 Å². The minimum absolute atomic E-state index is 0.00905. The molecule has 1 heterocycles. The summed E-state index contributed by atoms with van der Waals surface area (Å²) in [6.07, 6.45) is 2.03. The van der Waals surface area contributed by atoms with E-state index in [0.717, 1.165) is 15.6 Å². The quantitative estimate of drug-likeness (QED) is 0.727. The Morgan fingerprint density at radius 3 is 3.00 bits per heavy atom. The van der Waals surface area contributed by atoms with Gasteiger partial charge in [0.05, 0.1) is 12.1 Å². The minimum atomic E-state index is -0.00905. The van der Waals surface area contributed by atoms with Gasteiger partial charge in [-0.2, -0.15) is 0 Å². The van der Waals surface area contributed by atoms with Gasteiger partial charge in [0.25, 0.3) is 0 Å². The summed E-state index contributed by atoms with van der Waals surface area (Å²) >= 11 is 1.50. The zero-order valence-corrected chi connectivity index (χ0v) is 9.56. The third-order valence-electron chi connectivity index (χ3n) is 1.88. The van der Waals surface area contributed by atoms with Crippen molar-refractivity contribution in [2.45, 2.75) is 19.9 Å². The molecule has 15 heavy (non-hydrogen) atoms. The second-order valence-corrected chi connectivity index (χ2v) is 4.26. The Morgan fingerprint density at radius 1 is 1.73 bits per heavy atom. The monoisotopic (exact) mass is 225 g/mol. The molecule has 5 heteroatoms. The van der Waals surface area contributed by atoms with E-state index >= 15 is 0 Å². The van der Waals surface area contributed by atoms with Crippen molar-refractivity contribution < 1.29 is 4.79 Å². The predicted octanol–water partition coefficient (Wildman–Crippen LogP) is 0.755. The molecule has 0 radical (unpaired) electrons. The molecule has 0 aliphatic heterocycles. The first-order valence-electron chi connectivity index (χ1n) is 4.70. The van der Waals surface area contributed by atoms with Crippen molar-refractivity contribution in [2.24, 2.45) is 5.73 Å². The zero-order valence-electron chi connectivity index (χ0n) is 8.75. The van der Waals surface area contributed by atoms with Crippen LogP contribution in [0.1, 0.15) is 15.6 Å². The fourth-order valence-corrected chi connectivity index (χ4v) is 2.08. The Morgan fingerprint density at radius 2 is 2.47 bits per heavy atom. The largest absolute Gasteiger partial charge is 0.352 e. The molecule has 1 amide bonds. The highest BCUT2D eigenvalue weighted by Crippen LogP contribution is 2.17. The molecule has 1 aromatic rings. The van der Waals surface area contributed by atoms with Crippen LogP contribution in [0, 0.1) is 6.92 Å². The number of thiazole rings is 1. The lowest BCUT2D eigenvalue weighted by Gasteiger charge is -2.00. The number of amides is 1. The van der Waals surface area contributed by atoms with Crippen molar-refractivity contribution in [1.82, 2.24) is 10.3 Å². The molecule has 3 N–H and O–H groups in total. The highest BCUT2D eigenvalue weighted by atomic mass is 32.1. The molecule has 0 aliphatic rings. The van der Waals surface area contributed by atoms with E-state index in [1.165, 1.54) is 11.3 Å². The van der Waals surface area contributed by atoms with Crippen LogP contribution in [-0.2, 0) is 17.8 Å². The molecule has 1 rings (SSSR count). The lowest BCUT2D eigenvalue weighted by atomic mass is 10.3. The van der Waals surface area contributed by atoms with E-state index in [-0.39, 0.29) is 5.91 Å². The molecule has 0 unspecified atom stereocenters. The summed E-state index contributed by atoms with van der Waals surface area (Å²) in [5.74, 6) is -0.00905. The summed E-state index contributed by atoms with van der Waals surface area (Å²) in [5.41, 5.74) is 6.37. The van der Waals surface area contributed by atoms with Gasteiger partial charge in [-0.05, 0) is 6.92 Å². The number of carbonyl (C=O) groups is 1. The van der Waals surface area contributed by atoms with E-state index in [2.05, 4.69) is 16.9 Å². The second-order valence-electron chi connectivity index (χ2n) is 3.09. The van der Waals surface area contributed by atoms with Crippen molar-refractivity contribution in [3.05, 3.63) is 28.2 Å². The normalized spacial score (nSPS) is 10.0. The summed E-state index contributed by atoms with van der Waals surface area (Å²) in [4.78, 5) is 16.6. The van der Waals surface area contributed by atoms with Gasteiger partial charge in [-0.1, -0.05) is 6.08 Å². The van der Waals surface area contributed by atoms with Crippen molar-refractivity contribution in [1.29, 1.82) is 0 Å². The fraction of sp³-hybridized carbons (Fsp3) is 0.400. The maximum Gasteiger partial charge on any atom is 0.225 e. The number of aryl methyl sites for hydroxylation is 1. The topological polar surface area (TPSA) is 68.0 Å². The Hall–Kier alpha value is -1.20. The molecule has 0 aliphatic carbocycles. The highest BCUT2D eigenvalue weighted by molar-refractivity contribution is 7.11. The maximum atomic E-state index is 11.4. The molecule has 82 valence electrons. The Labute approximate surface area is 93.2 Å². The van der Waals surface area contributed by atoms with Crippen LogP contribution in [0.5, 0.6) is 0 Å². The van der Waals surface area contributed by atoms with Crippen LogP contribution in [-0.4, -0.2) is 17.4 Å². The van der Waals surface area contributed by atoms with Gasteiger partial charge in [0.1, 0.15) is 5.01 Å². The van der Waals surface area contributed by atoms with Crippen LogP contribution >= 0.6 is 11.3 Å². The number of hydrogen-bond donors (Lipinski definition) is 2.